The van der Waals surface area contributed by atoms with E-state index in [9.17, 15) is 19.0 Å². The van der Waals surface area contributed by atoms with Crippen LogP contribution in [-0.2, 0) is 27.9 Å². The van der Waals surface area contributed by atoms with Crippen molar-refractivity contribution in [2.75, 3.05) is 18.9 Å². The molecule has 1 aliphatic rings. The molecule has 11 nitrogen and oxygen atoms in total. The molecule has 1 aromatic rings. The minimum atomic E-state index is -4.62. The molecule has 3 N–H and O–H groups in total. The normalized spacial score (nSPS) is 20.9. The number of alkyl halides is 2. The molecule has 0 aliphatic carbocycles. The molecule has 14 heteroatoms. The van der Waals surface area contributed by atoms with E-state index < -0.39 is 50.4 Å². The lowest BCUT2D eigenvalue weighted by atomic mass is 10.1. The molecule has 0 aromatic carbocycles. The summed E-state index contributed by atoms with van der Waals surface area (Å²) >= 11 is 0. The molecule has 0 saturated carbocycles. The highest BCUT2D eigenvalue weighted by atomic mass is 31.2. The summed E-state index contributed by atoms with van der Waals surface area (Å²) in [6, 6.07) is 1.15. The number of hydrogen-bond donors (Lipinski definition) is 2. The molecule has 1 aromatic heterocycles. The number of unbranched alkanes of at least 4 members (excludes halogenated alkanes) is 14. The fraction of sp³-hybridized carbons (Fsp3) is 0.833. The maximum absolute atomic E-state index is 15.6. The number of halogens is 2. The molecule has 2 rings (SSSR count). The Labute approximate surface area is 259 Å². The molecule has 4 atom stereocenters. The van der Waals surface area contributed by atoms with Crippen molar-refractivity contribution in [3.63, 3.8) is 0 Å². The van der Waals surface area contributed by atoms with Gasteiger partial charge < -0.3 is 20.1 Å². The lowest BCUT2D eigenvalue weighted by Crippen LogP contribution is -2.44. The number of anilines is 1. The zero-order valence-corrected chi connectivity index (χ0v) is 27.2. The van der Waals surface area contributed by atoms with Crippen molar-refractivity contribution in [1.82, 2.24) is 9.55 Å². The van der Waals surface area contributed by atoms with E-state index in [1.807, 2.05) is 0 Å². The molecule has 1 saturated heterocycles. The van der Waals surface area contributed by atoms with Crippen molar-refractivity contribution < 1.29 is 41.6 Å². The Morgan fingerprint density at radius 2 is 1.52 bits per heavy atom. The molecule has 44 heavy (non-hydrogen) atoms. The Balaban J connectivity index is 1.95. The average molecular weight is 652 g/mol. The van der Waals surface area contributed by atoms with Gasteiger partial charge in [0.2, 0.25) is 6.23 Å². The lowest BCUT2D eigenvalue weighted by molar-refractivity contribution is -0.176. The zero-order valence-electron chi connectivity index (χ0n) is 26.3. The number of esters is 1. The van der Waals surface area contributed by atoms with Crippen molar-refractivity contribution in [2.24, 2.45) is 0 Å². The summed E-state index contributed by atoms with van der Waals surface area (Å²) in [4.78, 5) is 38.5. The largest absolute Gasteiger partial charge is 0.472 e. The minimum absolute atomic E-state index is 0.0451. The second-order valence-corrected chi connectivity index (χ2v) is 12.9. The number of hydrogen-bond acceptors (Lipinski definition) is 9. The Morgan fingerprint density at radius 1 is 0.977 bits per heavy atom. The first-order valence-corrected chi connectivity index (χ1v) is 17.7. The van der Waals surface area contributed by atoms with Gasteiger partial charge in [0, 0.05) is 12.6 Å². The first-order valence-electron chi connectivity index (χ1n) is 16.2. The van der Waals surface area contributed by atoms with E-state index >= 15 is 8.78 Å². The molecular weight excluding hydrogens is 599 g/mol. The maximum Gasteiger partial charge on any atom is 0.472 e. The van der Waals surface area contributed by atoms with Gasteiger partial charge >= 0.3 is 25.4 Å². The predicted octanol–water partition coefficient (Wildman–Crippen LogP) is 7.08. The van der Waals surface area contributed by atoms with E-state index in [1.54, 1.807) is 0 Å². The number of carbonyl (C=O) groups is 1. The summed E-state index contributed by atoms with van der Waals surface area (Å²) in [6.45, 7) is 3.41. The molecule has 0 amide bonds. The summed E-state index contributed by atoms with van der Waals surface area (Å²) in [6.07, 6.45) is 10.8. The van der Waals surface area contributed by atoms with Crippen LogP contribution in [0, 0.1) is 0 Å². The van der Waals surface area contributed by atoms with Crippen LogP contribution in [0.2, 0.25) is 0 Å². The van der Waals surface area contributed by atoms with Crippen LogP contribution in [0.5, 0.6) is 0 Å². The quantitative estimate of drug-likeness (QED) is 0.0674. The van der Waals surface area contributed by atoms with Crippen LogP contribution in [0.1, 0.15) is 129 Å². The number of rotatable bonds is 24. The highest BCUT2D eigenvalue weighted by Crippen LogP contribution is 2.48. The number of phosphoric acid groups is 1. The molecule has 0 radical (unpaired) electrons. The minimum Gasteiger partial charge on any atom is -0.453 e. The average Bonchev–Trinajstić information content (AvgIpc) is 3.21. The second kappa shape index (κ2) is 20.3. The van der Waals surface area contributed by atoms with Crippen LogP contribution in [0.4, 0.5) is 14.6 Å². The number of nitrogens with zero attached hydrogens (tertiary/aromatic N) is 2. The highest BCUT2D eigenvalue weighted by molar-refractivity contribution is 7.47. The number of carbonyl (C=O) groups excluding carboxylic acids is 1. The molecule has 2 unspecified atom stereocenters. The van der Waals surface area contributed by atoms with E-state index in [1.165, 1.54) is 25.7 Å². The van der Waals surface area contributed by atoms with E-state index in [-0.39, 0.29) is 18.8 Å². The Hall–Kier alpha value is -1.92. The van der Waals surface area contributed by atoms with Gasteiger partial charge in [-0.25, -0.2) is 9.36 Å². The Kier molecular flexibility index (Phi) is 17.6. The zero-order chi connectivity index (χ0) is 32.4. The number of phosphoric ester groups is 1. The maximum atomic E-state index is 15.6. The Morgan fingerprint density at radius 3 is 2.09 bits per heavy atom. The van der Waals surface area contributed by atoms with Gasteiger partial charge in [-0.2, -0.15) is 13.8 Å². The third kappa shape index (κ3) is 13.6. The molecule has 0 spiro atoms. The molecule has 254 valence electrons. The topological polar surface area (TPSA) is 152 Å². The fourth-order valence-corrected chi connectivity index (χ4v) is 5.85. The molecule has 0 bridgehead atoms. The van der Waals surface area contributed by atoms with Crippen LogP contribution in [0.25, 0.3) is 0 Å². The Bertz CT molecular complexity index is 1080. The summed E-state index contributed by atoms with van der Waals surface area (Å²) in [5, 5.41) is 0. The van der Waals surface area contributed by atoms with E-state index in [2.05, 4.69) is 18.8 Å². The SMILES string of the molecule is CCCCCCCCCCOP(=O)(O)OC[C@H]1OC(n2ccc(N)nc2=O)C(F)(F)[C@@H]1OC(=O)CCCCCCCCCC. The van der Waals surface area contributed by atoms with Gasteiger partial charge in [-0.15, -0.1) is 0 Å². The van der Waals surface area contributed by atoms with Gasteiger partial charge in [0.25, 0.3) is 0 Å². The van der Waals surface area contributed by atoms with Gasteiger partial charge in [0.15, 0.2) is 6.10 Å². The number of nitrogens with two attached hydrogens (primary N) is 1. The first kappa shape index (κ1) is 38.3. The van der Waals surface area contributed by atoms with Crippen LogP contribution in [-0.4, -0.2) is 51.8 Å². The van der Waals surface area contributed by atoms with E-state index in [0.29, 0.717) is 17.4 Å². The van der Waals surface area contributed by atoms with Gasteiger partial charge in [0.05, 0.1) is 13.2 Å². The van der Waals surface area contributed by atoms with Crippen molar-refractivity contribution >= 4 is 19.6 Å². The fourth-order valence-electron chi connectivity index (χ4n) is 5.08. The number of ether oxygens (including phenoxy) is 2. The summed E-state index contributed by atoms with van der Waals surface area (Å²) < 4.78 is 64.9. The molecule has 1 aliphatic heterocycles. The van der Waals surface area contributed by atoms with E-state index in [4.69, 9.17) is 24.3 Å². The van der Waals surface area contributed by atoms with Crippen LogP contribution in [0.3, 0.4) is 0 Å². The second-order valence-electron chi connectivity index (χ2n) is 11.5. The highest BCUT2D eigenvalue weighted by Gasteiger charge is 2.62. The monoisotopic (exact) mass is 651 g/mol. The van der Waals surface area contributed by atoms with Crippen molar-refractivity contribution in [1.29, 1.82) is 0 Å². The summed E-state index contributed by atoms with van der Waals surface area (Å²) in [7, 11) is -4.62. The molecule has 1 fully saturated rings. The van der Waals surface area contributed by atoms with Gasteiger partial charge in [-0.3, -0.25) is 18.4 Å². The van der Waals surface area contributed by atoms with Gasteiger partial charge in [-0.05, 0) is 18.9 Å². The summed E-state index contributed by atoms with van der Waals surface area (Å²) in [5.41, 5.74) is 4.39. The van der Waals surface area contributed by atoms with E-state index in [0.717, 1.165) is 76.5 Å². The lowest BCUT2D eigenvalue weighted by Gasteiger charge is -2.24. The standard InChI is InChI=1S/C30H52F2N3O8P/c1-3-5-7-9-11-13-15-17-19-26(36)43-27-24(42-28(30(27,31)32)35-21-20-25(33)34-29(35)37)23-41-44(38,39)40-22-18-16-14-12-10-8-6-4-2/h20-21,24,27-28H,3-19,22-23H2,1-2H3,(H,38,39)(H2,33,34,37)/t24-,27-,28?/m1/s1. The number of nitrogen functional groups attached to an aromatic ring is 1. The smallest absolute Gasteiger partial charge is 0.453 e. The predicted molar refractivity (Wildman–Crippen MR) is 163 cm³/mol. The van der Waals surface area contributed by atoms with Gasteiger partial charge in [0.1, 0.15) is 11.9 Å². The third-order valence-corrected chi connectivity index (χ3v) is 8.59. The van der Waals surface area contributed by atoms with Crippen LogP contribution < -0.4 is 11.4 Å². The summed E-state index contributed by atoms with van der Waals surface area (Å²) in [5.74, 6) is -4.94. The van der Waals surface area contributed by atoms with Gasteiger partial charge in [-0.1, -0.05) is 104 Å². The van der Waals surface area contributed by atoms with Crippen molar-refractivity contribution in [3.05, 3.63) is 22.7 Å². The number of aromatic nitrogens is 2. The molecule has 2 heterocycles. The molecular formula is C30H52F2N3O8P. The van der Waals surface area contributed by atoms with Crippen molar-refractivity contribution in [3.8, 4) is 0 Å². The van der Waals surface area contributed by atoms with Crippen molar-refractivity contribution in [2.45, 2.75) is 147 Å². The van der Waals surface area contributed by atoms with Crippen LogP contribution >= 0.6 is 7.82 Å². The van der Waals surface area contributed by atoms with Crippen LogP contribution in [0.15, 0.2) is 17.1 Å². The first-order chi connectivity index (χ1) is 21.0. The third-order valence-electron chi connectivity index (χ3n) is 7.60.